The number of hydrogen-bond acceptors (Lipinski definition) is 5. The topological polar surface area (TPSA) is 85.8 Å². The molecule has 0 bridgehead atoms. The van der Waals surface area contributed by atoms with Crippen molar-refractivity contribution in [1.82, 2.24) is 19.7 Å². The van der Waals surface area contributed by atoms with Crippen molar-refractivity contribution in [2.75, 3.05) is 5.32 Å². The predicted molar refractivity (Wildman–Crippen MR) is 96.0 cm³/mol. The second-order valence-corrected chi connectivity index (χ2v) is 5.62. The zero-order chi connectivity index (χ0) is 17.9. The lowest BCUT2D eigenvalue weighted by molar-refractivity contribution is 0.102. The molecule has 3 aromatic heterocycles. The Labute approximate surface area is 149 Å². The average molecular weight is 345 g/mol. The normalized spacial score (nSPS) is 10.7. The third kappa shape index (κ3) is 3.23. The molecule has 26 heavy (non-hydrogen) atoms. The van der Waals surface area contributed by atoms with Crippen LogP contribution in [0.4, 0.5) is 5.69 Å². The number of benzene rings is 1. The molecule has 0 spiro atoms. The molecule has 128 valence electrons. The molecular formula is C19H15N5O2. The number of hydrogen-bond donors (Lipinski definition) is 1. The standard InChI is InChI=1S/C19H15N5O2/c1-13-21-12-18(26-13)14-3-5-15(6-4-14)23-19(25)17-11-16(7-9-20-17)24-10-2-8-22-24/h2-12H,1H3,(H,23,25). The van der Waals surface area contributed by atoms with Gasteiger partial charge in [-0.25, -0.2) is 9.67 Å². The van der Waals surface area contributed by atoms with Crippen LogP contribution < -0.4 is 5.32 Å². The van der Waals surface area contributed by atoms with E-state index in [1.54, 1.807) is 48.5 Å². The molecule has 0 fully saturated rings. The highest BCUT2D eigenvalue weighted by Crippen LogP contribution is 2.22. The van der Waals surface area contributed by atoms with Gasteiger partial charge in [-0.1, -0.05) is 0 Å². The summed E-state index contributed by atoms with van der Waals surface area (Å²) in [6, 6.07) is 12.6. The Morgan fingerprint density at radius 1 is 1.12 bits per heavy atom. The average Bonchev–Trinajstić information content (AvgIpc) is 3.34. The summed E-state index contributed by atoms with van der Waals surface area (Å²) in [5.41, 5.74) is 2.64. The number of rotatable bonds is 4. The van der Waals surface area contributed by atoms with Gasteiger partial charge in [-0.3, -0.25) is 9.78 Å². The van der Waals surface area contributed by atoms with E-state index in [1.807, 2.05) is 30.3 Å². The van der Waals surface area contributed by atoms with Crippen molar-refractivity contribution in [2.45, 2.75) is 6.92 Å². The summed E-state index contributed by atoms with van der Waals surface area (Å²) in [4.78, 5) is 20.7. The van der Waals surface area contributed by atoms with Gasteiger partial charge in [-0.05, 0) is 42.5 Å². The zero-order valence-electron chi connectivity index (χ0n) is 14.0. The van der Waals surface area contributed by atoms with Crippen LogP contribution in [0.5, 0.6) is 0 Å². The third-order valence-corrected chi connectivity index (χ3v) is 3.79. The van der Waals surface area contributed by atoms with E-state index in [-0.39, 0.29) is 5.91 Å². The number of amides is 1. The minimum Gasteiger partial charge on any atom is -0.441 e. The van der Waals surface area contributed by atoms with Crippen LogP contribution in [-0.4, -0.2) is 25.7 Å². The van der Waals surface area contributed by atoms with E-state index in [0.29, 0.717) is 23.0 Å². The smallest absolute Gasteiger partial charge is 0.274 e. The summed E-state index contributed by atoms with van der Waals surface area (Å²) in [6.45, 7) is 1.79. The highest BCUT2D eigenvalue weighted by atomic mass is 16.4. The first-order valence-corrected chi connectivity index (χ1v) is 7.99. The number of carbonyl (C=O) groups is 1. The van der Waals surface area contributed by atoms with Crippen molar-refractivity contribution in [1.29, 1.82) is 0 Å². The van der Waals surface area contributed by atoms with Gasteiger partial charge in [-0.2, -0.15) is 5.10 Å². The fraction of sp³-hybridized carbons (Fsp3) is 0.0526. The van der Waals surface area contributed by atoms with Crippen LogP contribution in [0, 0.1) is 6.92 Å². The molecule has 1 N–H and O–H groups in total. The predicted octanol–water partition coefficient (Wildman–Crippen LogP) is 3.48. The van der Waals surface area contributed by atoms with E-state index in [4.69, 9.17) is 4.42 Å². The molecule has 0 aliphatic carbocycles. The molecule has 4 rings (SSSR count). The van der Waals surface area contributed by atoms with Crippen LogP contribution in [0.15, 0.2) is 71.7 Å². The van der Waals surface area contributed by atoms with Gasteiger partial charge in [0.2, 0.25) is 0 Å². The molecule has 0 aliphatic rings. The van der Waals surface area contributed by atoms with E-state index in [1.165, 1.54) is 0 Å². The van der Waals surface area contributed by atoms with E-state index in [9.17, 15) is 4.79 Å². The second kappa shape index (κ2) is 6.64. The number of aromatic nitrogens is 4. The lowest BCUT2D eigenvalue weighted by Gasteiger charge is -2.07. The quantitative estimate of drug-likeness (QED) is 0.612. The second-order valence-electron chi connectivity index (χ2n) is 5.62. The van der Waals surface area contributed by atoms with Crippen molar-refractivity contribution in [3.05, 3.63) is 78.8 Å². The first-order valence-electron chi connectivity index (χ1n) is 7.99. The van der Waals surface area contributed by atoms with Crippen molar-refractivity contribution >= 4 is 11.6 Å². The first-order chi connectivity index (χ1) is 12.7. The number of pyridine rings is 1. The summed E-state index contributed by atoms with van der Waals surface area (Å²) in [7, 11) is 0. The maximum absolute atomic E-state index is 12.5. The summed E-state index contributed by atoms with van der Waals surface area (Å²) in [5, 5.41) is 6.99. The fourth-order valence-electron chi connectivity index (χ4n) is 2.52. The molecule has 4 aromatic rings. The molecule has 7 nitrogen and oxygen atoms in total. The Morgan fingerprint density at radius 2 is 1.96 bits per heavy atom. The number of aryl methyl sites for hydroxylation is 1. The fourth-order valence-corrected chi connectivity index (χ4v) is 2.52. The largest absolute Gasteiger partial charge is 0.441 e. The molecule has 3 heterocycles. The van der Waals surface area contributed by atoms with Gasteiger partial charge in [0.25, 0.3) is 5.91 Å². The Hall–Kier alpha value is -3.74. The van der Waals surface area contributed by atoms with Crippen LogP contribution in [0.1, 0.15) is 16.4 Å². The lowest BCUT2D eigenvalue weighted by Crippen LogP contribution is -2.14. The molecule has 0 aliphatic heterocycles. The Balaban J connectivity index is 1.50. The minimum absolute atomic E-state index is 0.290. The van der Waals surface area contributed by atoms with Crippen LogP contribution in [0.25, 0.3) is 17.0 Å². The molecule has 0 saturated heterocycles. The minimum atomic E-state index is -0.290. The van der Waals surface area contributed by atoms with E-state index in [2.05, 4.69) is 20.4 Å². The SMILES string of the molecule is Cc1ncc(-c2ccc(NC(=O)c3cc(-n4cccn4)ccn3)cc2)o1. The van der Waals surface area contributed by atoms with Crippen LogP contribution in [-0.2, 0) is 0 Å². The third-order valence-electron chi connectivity index (χ3n) is 3.79. The van der Waals surface area contributed by atoms with Gasteiger partial charge in [0, 0.05) is 36.8 Å². The summed E-state index contributed by atoms with van der Waals surface area (Å²) in [6.07, 6.45) is 6.74. The van der Waals surface area contributed by atoms with E-state index >= 15 is 0 Å². The van der Waals surface area contributed by atoms with Crippen LogP contribution >= 0.6 is 0 Å². The number of nitrogens with one attached hydrogen (secondary N) is 1. The molecule has 0 unspecified atom stereocenters. The van der Waals surface area contributed by atoms with Crippen molar-refractivity contribution in [3.63, 3.8) is 0 Å². The van der Waals surface area contributed by atoms with Crippen molar-refractivity contribution in [2.24, 2.45) is 0 Å². The van der Waals surface area contributed by atoms with Crippen molar-refractivity contribution in [3.8, 4) is 17.0 Å². The van der Waals surface area contributed by atoms with Gasteiger partial charge < -0.3 is 9.73 Å². The highest BCUT2D eigenvalue weighted by molar-refractivity contribution is 6.03. The Kier molecular flexibility index (Phi) is 4.03. The molecular weight excluding hydrogens is 330 g/mol. The lowest BCUT2D eigenvalue weighted by atomic mass is 10.1. The number of anilines is 1. The van der Waals surface area contributed by atoms with Gasteiger partial charge in [-0.15, -0.1) is 0 Å². The van der Waals surface area contributed by atoms with Crippen molar-refractivity contribution < 1.29 is 9.21 Å². The number of carbonyl (C=O) groups excluding carboxylic acids is 1. The highest BCUT2D eigenvalue weighted by Gasteiger charge is 2.10. The van der Waals surface area contributed by atoms with E-state index < -0.39 is 0 Å². The summed E-state index contributed by atoms with van der Waals surface area (Å²) in [5.74, 6) is 1.01. The number of oxazole rings is 1. The Bertz CT molecular complexity index is 1040. The molecule has 1 aromatic carbocycles. The van der Waals surface area contributed by atoms with Gasteiger partial charge >= 0.3 is 0 Å². The monoisotopic (exact) mass is 345 g/mol. The maximum Gasteiger partial charge on any atom is 0.274 e. The Morgan fingerprint density at radius 3 is 2.65 bits per heavy atom. The number of nitrogens with zero attached hydrogens (tertiary/aromatic N) is 4. The first kappa shape index (κ1) is 15.8. The summed E-state index contributed by atoms with van der Waals surface area (Å²) < 4.78 is 7.16. The van der Waals surface area contributed by atoms with Crippen LogP contribution in [0.3, 0.4) is 0 Å². The van der Waals surface area contributed by atoms with E-state index in [0.717, 1.165) is 11.3 Å². The molecule has 0 atom stereocenters. The molecule has 7 heteroatoms. The van der Waals surface area contributed by atoms with Gasteiger partial charge in [0.1, 0.15) is 5.69 Å². The summed E-state index contributed by atoms with van der Waals surface area (Å²) >= 11 is 0. The van der Waals surface area contributed by atoms with Crippen LogP contribution in [0.2, 0.25) is 0 Å². The zero-order valence-corrected chi connectivity index (χ0v) is 14.0. The molecule has 1 amide bonds. The van der Waals surface area contributed by atoms with Gasteiger partial charge in [0.05, 0.1) is 11.9 Å². The molecule has 0 radical (unpaired) electrons. The molecule has 0 saturated carbocycles. The maximum atomic E-state index is 12.5. The van der Waals surface area contributed by atoms with Gasteiger partial charge in [0.15, 0.2) is 11.7 Å².